The van der Waals surface area contributed by atoms with E-state index in [0.29, 0.717) is 17.3 Å². The summed E-state index contributed by atoms with van der Waals surface area (Å²) in [5, 5.41) is 0. The van der Waals surface area contributed by atoms with Gasteiger partial charge in [-0.1, -0.05) is 48.5 Å². The van der Waals surface area contributed by atoms with Crippen LogP contribution >= 0.6 is 0 Å². The lowest BCUT2D eigenvalue weighted by Crippen LogP contribution is -2.48. The molecule has 0 amide bonds. The van der Waals surface area contributed by atoms with E-state index in [2.05, 4.69) is 98.5 Å². The first-order chi connectivity index (χ1) is 18.8. The van der Waals surface area contributed by atoms with Gasteiger partial charge in [0.2, 0.25) is 0 Å². The minimum Gasteiger partial charge on any atom is -0.488 e. The van der Waals surface area contributed by atoms with E-state index in [0.717, 1.165) is 31.1 Å². The molecule has 206 valence electrons. The molecule has 1 saturated carbocycles. The number of aryl methyl sites for hydroxylation is 1. The molecule has 0 bridgehead atoms. The Bertz CT molecular complexity index is 1240. The van der Waals surface area contributed by atoms with Crippen molar-refractivity contribution in [2.75, 3.05) is 31.7 Å². The fraction of sp³-hybridized carbons (Fsp3) is 0.500. The fourth-order valence-corrected chi connectivity index (χ4v) is 7.74. The zero-order valence-corrected chi connectivity index (χ0v) is 24.3. The Labute approximate surface area is 235 Å². The zero-order valence-electron chi connectivity index (χ0n) is 24.3. The number of hydrogen-bond acceptors (Lipinski definition) is 3. The number of benzene rings is 3. The standard InChI is InChI=1S/C36H45NO2/c1-35(2,3)39-31-15-17-33-29(22-31)12-16-32(27-8-6-5-7-9-27)34(33)28-10-13-30(14-11-28)37-20-18-36(19-21-37)23-26(24-36)25-38-4/h5-11,13-15,17,22,26,32,34H,12,16,18-21,23-25H2,1-4H3. The van der Waals surface area contributed by atoms with E-state index in [4.69, 9.17) is 9.47 Å². The summed E-state index contributed by atoms with van der Waals surface area (Å²) in [7, 11) is 1.84. The minimum absolute atomic E-state index is 0.191. The predicted octanol–water partition coefficient (Wildman–Crippen LogP) is 8.37. The monoisotopic (exact) mass is 523 g/mol. The van der Waals surface area contributed by atoms with Crippen molar-refractivity contribution in [3.8, 4) is 5.75 Å². The summed E-state index contributed by atoms with van der Waals surface area (Å²) in [5.74, 6) is 2.60. The van der Waals surface area contributed by atoms with Gasteiger partial charge >= 0.3 is 0 Å². The Balaban J connectivity index is 1.23. The second kappa shape index (κ2) is 10.7. The predicted molar refractivity (Wildman–Crippen MR) is 161 cm³/mol. The number of methoxy groups -OCH3 is 1. The molecule has 3 heteroatoms. The largest absolute Gasteiger partial charge is 0.488 e. The molecule has 39 heavy (non-hydrogen) atoms. The van der Waals surface area contributed by atoms with E-state index >= 15 is 0 Å². The zero-order chi connectivity index (χ0) is 27.0. The van der Waals surface area contributed by atoms with Gasteiger partial charge in [0.05, 0.1) is 0 Å². The third-order valence-corrected chi connectivity index (χ3v) is 9.52. The molecule has 0 radical (unpaired) electrons. The van der Waals surface area contributed by atoms with E-state index in [1.165, 1.54) is 66.7 Å². The van der Waals surface area contributed by atoms with Crippen LogP contribution in [-0.2, 0) is 11.2 Å². The second-order valence-corrected chi connectivity index (χ2v) is 13.4. The van der Waals surface area contributed by atoms with Crippen LogP contribution in [0, 0.1) is 11.3 Å². The van der Waals surface area contributed by atoms with Crippen molar-refractivity contribution in [1.29, 1.82) is 0 Å². The Morgan fingerprint density at radius 1 is 0.872 bits per heavy atom. The first kappa shape index (κ1) is 26.4. The Kier molecular flexibility index (Phi) is 7.22. The van der Waals surface area contributed by atoms with E-state index in [-0.39, 0.29) is 5.60 Å². The number of anilines is 1. The van der Waals surface area contributed by atoms with Crippen LogP contribution in [0.1, 0.15) is 87.0 Å². The van der Waals surface area contributed by atoms with Crippen LogP contribution in [0.4, 0.5) is 5.69 Å². The molecule has 3 aliphatic rings. The van der Waals surface area contributed by atoms with Crippen molar-refractivity contribution in [2.45, 2.75) is 76.7 Å². The molecule has 2 unspecified atom stereocenters. The highest BCUT2D eigenvalue weighted by molar-refractivity contribution is 5.53. The molecule has 1 heterocycles. The number of ether oxygens (including phenoxy) is 2. The molecule has 2 fully saturated rings. The molecule has 3 nitrogen and oxygen atoms in total. The molecule has 0 N–H and O–H groups in total. The summed E-state index contributed by atoms with van der Waals surface area (Å²) in [6.45, 7) is 9.65. The maximum atomic E-state index is 6.24. The number of nitrogens with zero attached hydrogens (tertiary/aromatic N) is 1. The molecule has 2 atom stereocenters. The van der Waals surface area contributed by atoms with E-state index in [9.17, 15) is 0 Å². The average Bonchev–Trinajstić information content (AvgIpc) is 2.92. The van der Waals surface area contributed by atoms with Crippen LogP contribution < -0.4 is 9.64 Å². The SMILES string of the molecule is COCC1CC2(CCN(c3ccc(C4c5ccc(OC(C)(C)C)cc5CCC4c4ccccc4)cc3)CC2)C1. The average molecular weight is 524 g/mol. The van der Waals surface area contributed by atoms with Crippen LogP contribution in [0.15, 0.2) is 72.8 Å². The molecule has 0 aromatic heterocycles. The van der Waals surface area contributed by atoms with Crippen molar-refractivity contribution < 1.29 is 9.47 Å². The van der Waals surface area contributed by atoms with Gasteiger partial charge in [0.25, 0.3) is 0 Å². The minimum atomic E-state index is -0.191. The normalized spacial score (nSPS) is 22.8. The highest BCUT2D eigenvalue weighted by atomic mass is 16.5. The molecule has 3 aromatic rings. The summed E-state index contributed by atoms with van der Waals surface area (Å²) >= 11 is 0. The number of piperidine rings is 1. The lowest BCUT2D eigenvalue weighted by Gasteiger charge is -2.52. The second-order valence-electron chi connectivity index (χ2n) is 13.4. The molecule has 6 rings (SSSR count). The van der Waals surface area contributed by atoms with E-state index in [1.54, 1.807) is 0 Å². The number of rotatable bonds is 6. The Morgan fingerprint density at radius 3 is 2.26 bits per heavy atom. The highest BCUT2D eigenvalue weighted by Gasteiger charge is 2.45. The van der Waals surface area contributed by atoms with Crippen LogP contribution in [0.3, 0.4) is 0 Å². The van der Waals surface area contributed by atoms with Crippen LogP contribution in [0.2, 0.25) is 0 Å². The number of fused-ring (bicyclic) bond motifs is 1. The maximum absolute atomic E-state index is 6.24. The van der Waals surface area contributed by atoms with Crippen molar-refractivity contribution in [3.05, 3.63) is 95.1 Å². The van der Waals surface area contributed by atoms with Crippen LogP contribution in [-0.4, -0.2) is 32.4 Å². The topological polar surface area (TPSA) is 21.7 Å². The Hall–Kier alpha value is -2.78. The first-order valence-electron chi connectivity index (χ1n) is 15.0. The van der Waals surface area contributed by atoms with Gasteiger partial charge in [-0.25, -0.2) is 0 Å². The third kappa shape index (κ3) is 5.61. The molecule has 2 aliphatic carbocycles. The third-order valence-electron chi connectivity index (χ3n) is 9.52. The van der Waals surface area contributed by atoms with Gasteiger partial charge in [-0.3, -0.25) is 0 Å². The maximum Gasteiger partial charge on any atom is 0.120 e. The smallest absolute Gasteiger partial charge is 0.120 e. The molecule has 3 aromatic carbocycles. The summed E-state index contributed by atoms with van der Waals surface area (Å²) < 4.78 is 11.6. The summed E-state index contributed by atoms with van der Waals surface area (Å²) in [6, 6.07) is 27.5. The highest BCUT2D eigenvalue weighted by Crippen LogP contribution is 2.53. The van der Waals surface area contributed by atoms with Gasteiger partial charge in [-0.05, 0) is 123 Å². The van der Waals surface area contributed by atoms with Crippen LogP contribution in [0.5, 0.6) is 5.75 Å². The molecule has 1 aliphatic heterocycles. The quantitative estimate of drug-likeness (QED) is 0.324. The molecule has 1 spiro atoms. The molecular formula is C36H45NO2. The lowest BCUT2D eigenvalue weighted by molar-refractivity contribution is -0.0148. The van der Waals surface area contributed by atoms with Crippen molar-refractivity contribution in [2.24, 2.45) is 11.3 Å². The van der Waals surface area contributed by atoms with E-state index in [1.807, 2.05) is 7.11 Å². The summed E-state index contributed by atoms with van der Waals surface area (Å²) in [5.41, 5.74) is 7.54. The fourth-order valence-electron chi connectivity index (χ4n) is 7.74. The van der Waals surface area contributed by atoms with Gasteiger partial charge < -0.3 is 14.4 Å². The van der Waals surface area contributed by atoms with Gasteiger partial charge in [-0.15, -0.1) is 0 Å². The van der Waals surface area contributed by atoms with Crippen molar-refractivity contribution in [3.63, 3.8) is 0 Å². The van der Waals surface area contributed by atoms with E-state index < -0.39 is 0 Å². The number of hydrogen-bond donors (Lipinski definition) is 0. The van der Waals surface area contributed by atoms with Gasteiger partial charge in [0.15, 0.2) is 0 Å². The van der Waals surface area contributed by atoms with Crippen LogP contribution in [0.25, 0.3) is 0 Å². The molecule has 1 saturated heterocycles. The first-order valence-corrected chi connectivity index (χ1v) is 15.0. The van der Waals surface area contributed by atoms with Gasteiger partial charge in [0.1, 0.15) is 11.4 Å². The Morgan fingerprint density at radius 2 is 1.59 bits per heavy atom. The summed E-state index contributed by atoms with van der Waals surface area (Å²) in [4.78, 5) is 2.61. The van der Waals surface area contributed by atoms with Crippen molar-refractivity contribution in [1.82, 2.24) is 0 Å². The molecular weight excluding hydrogens is 478 g/mol. The summed E-state index contributed by atoms with van der Waals surface area (Å²) in [6.07, 6.45) is 7.60. The van der Waals surface area contributed by atoms with Gasteiger partial charge in [-0.2, -0.15) is 0 Å². The lowest BCUT2D eigenvalue weighted by atomic mass is 9.58. The van der Waals surface area contributed by atoms with Crippen molar-refractivity contribution >= 4 is 5.69 Å². The van der Waals surface area contributed by atoms with Gasteiger partial charge in [0, 0.05) is 38.4 Å².